The van der Waals surface area contributed by atoms with Gasteiger partial charge in [0.2, 0.25) is 0 Å². The number of ether oxygens (including phenoxy) is 1. The molecule has 0 spiro atoms. The van der Waals surface area contributed by atoms with E-state index in [9.17, 15) is 9.18 Å². The number of nitrogens with zero attached hydrogens (tertiary/aromatic N) is 6. The van der Waals surface area contributed by atoms with Gasteiger partial charge in [-0.15, -0.1) is 0 Å². The summed E-state index contributed by atoms with van der Waals surface area (Å²) in [5, 5.41) is 12.4. The molecule has 1 N–H and O–H groups in total. The minimum Gasteiger partial charge on any atom is -0.450 e. The number of pyridine rings is 1. The van der Waals surface area contributed by atoms with Crippen LogP contribution < -0.4 is 0 Å². The van der Waals surface area contributed by atoms with E-state index in [1.165, 1.54) is 6.07 Å². The highest BCUT2D eigenvalue weighted by atomic mass is 19.1. The summed E-state index contributed by atoms with van der Waals surface area (Å²) in [5.41, 5.74) is 5.28. The van der Waals surface area contributed by atoms with Gasteiger partial charge in [-0.3, -0.25) is 10.1 Å². The number of benzene rings is 1. The number of rotatable bonds is 4. The summed E-state index contributed by atoms with van der Waals surface area (Å²) in [5.74, 6) is -0.141. The Hall–Kier alpha value is -4.34. The van der Waals surface area contributed by atoms with Gasteiger partial charge in [-0.05, 0) is 62.4 Å². The van der Waals surface area contributed by atoms with E-state index < -0.39 is 0 Å². The minimum atomic E-state index is -0.360. The normalized spacial score (nSPS) is 20.9. The third kappa shape index (κ3) is 3.54. The second-order valence-corrected chi connectivity index (χ2v) is 9.99. The van der Waals surface area contributed by atoms with Gasteiger partial charge in [0.1, 0.15) is 17.0 Å². The molecule has 2 bridgehead atoms. The van der Waals surface area contributed by atoms with Crippen molar-refractivity contribution in [1.82, 2.24) is 34.7 Å². The van der Waals surface area contributed by atoms with Crippen molar-refractivity contribution in [2.24, 2.45) is 0 Å². The van der Waals surface area contributed by atoms with E-state index >= 15 is 0 Å². The molecule has 5 aromatic rings. The lowest BCUT2D eigenvalue weighted by molar-refractivity contribution is 0.0686. The molecule has 38 heavy (non-hydrogen) atoms. The number of hydrogen-bond acceptors (Lipinski definition) is 6. The Morgan fingerprint density at radius 2 is 1.92 bits per heavy atom. The average molecular weight is 512 g/mol. The van der Waals surface area contributed by atoms with E-state index in [0.29, 0.717) is 23.2 Å². The van der Waals surface area contributed by atoms with Gasteiger partial charge in [-0.1, -0.05) is 6.07 Å². The predicted molar refractivity (Wildman–Crippen MR) is 139 cm³/mol. The van der Waals surface area contributed by atoms with Gasteiger partial charge in [-0.2, -0.15) is 10.2 Å². The Kier molecular flexibility index (Phi) is 5.34. The number of nitrogens with one attached hydrogen (secondary N) is 1. The molecule has 0 saturated carbocycles. The molecule has 0 radical (unpaired) electrons. The quantitative estimate of drug-likeness (QED) is 0.350. The van der Waals surface area contributed by atoms with Crippen molar-refractivity contribution in [3.63, 3.8) is 0 Å². The van der Waals surface area contributed by atoms with Crippen molar-refractivity contribution in [1.29, 1.82) is 0 Å². The first-order chi connectivity index (χ1) is 18.6. The van der Waals surface area contributed by atoms with Crippen LogP contribution in [0.3, 0.4) is 0 Å². The van der Waals surface area contributed by atoms with Gasteiger partial charge >= 0.3 is 6.09 Å². The first kappa shape index (κ1) is 22.8. The van der Waals surface area contributed by atoms with Crippen LogP contribution in [-0.2, 0) is 4.74 Å². The van der Waals surface area contributed by atoms with Gasteiger partial charge in [0, 0.05) is 53.2 Å². The molecule has 7 rings (SSSR count). The summed E-state index contributed by atoms with van der Waals surface area (Å²) in [7, 11) is 0. The lowest BCUT2D eigenvalue weighted by atomic mass is 9.88. The van der Waals surface area contributed by atoms with Crippen molar-refractivity contribution in [2.75, 3.05) is 6.61 Å². The number of hydrogen-bond donors (Lipinski definition) is 1. The molecule has 4 aromatic heterocycles. The van der Waals surface area contributed by atoms with Crippen molar-refractivity contribution in [3.8, 4) is 22.4 Å². The third-order valence-electron chi connectivity index (χ3n) is 7.92. The zero-order valence-electron chi connectivity index (χ0n) is 20.8. The zero-order chi connectivity index (χ0) is 25.8. The summed E-state index contributed by atoms with van der Waals surface area (Å²) in [6, 6.07) is 9.38. The number of halogens is 1. The number of aromatic nitrogens is 6. The predicted octanol–water partition coefficient (Wildman–Crippen LogP) is 5.34. The first-order valence-corrected chi connectivity index (χ1v) is 13.0. The topological polar surface area (TPSA) is 101 Å². The summed E-state index contributed by atoms with van der Waals surface area (Å²) >= 11 is 0. The van der Waals surface area contributed by atoms with E-state index in [2.05, 4.69) is 15.2 Å². The molecule has 2 fully saturated rings. The highest BCUT2D eigenvalue weighted by molar-refractivity contribution is 6.02. The number of fused-ring (bicyclic) bond motifs is 4. The smallest absolute Gasteiger partial charge is 0.410 e. The zero-order valence-corrected chi connectivity index (χ0v) is 20.8. The monoisotopic (exact) mass is 511 g/mol. The maximum absolute atomic E-state index is 14.5. The van der Waals surface area contributed by atoms with Crippen LogP contribution in [0, 0.1) is 5.82 Å². The first-order valence-electron chi connectivity index (χ1n) is 13.0. The standard InChI is InChI=1S/C28H26FN7O2/c1-2-38-28(37)36-18-3-4-19(36)14-17(13-18)23-9-12-35-27(32-23)24(25(34-35)16-7-10-30-11-8-16)20-5-6-22(29)26-21(20)15-31-33-26/h5-12,15,17-19H,2-4,13-14H2,1H3,(H,31,33). The van der Waals surface area contributed by atoms with Crippen LogP contribution in [0.1, 0.15) is 44.2 Å². The summed E-state index contributed by atoms with van der Waals surface area (Å²) < 4.78 is 21.7. The van der Waals surface area contributed by atoms with Crippen molar-refractivity contribution in [3.05, 3.63) is 66.6 Å². The molecule has 2 unspecified atom stereocenters. The largest absolute Gasteiger partial charge is 0.450 e. The van der Waals surface area contributed by atoms with E-state index in [1.807, 2.05) is 36.2 Å². The molecular formula is C28H26FN7O2. The second-order valence-electron chi connectivity index (χ2n) is 9.99. The van der Waals surface area contributed by atoms with Gasteiger partial charge in [0.05, 0.1) is 18.4 Å². The number of amides is 1. The highest BCUT2D eigenvalue weighted by Gasteiger charge is 2.44. The van der Waals surface area contributed by atoms with Crippen LogP contribution in [0.25, 0.3) is 38.9 Å². The Balaban J connectivity index is 1.35. The van der Waals surface area contributed by atoms with E-state index in [-0.39, 0.29) is 29.9 Å². The molecule has 1 amide bonds. The summed E-state index contributed by atoms with van der Waals surface area (Å²) in [6.07, 6.45) is 10.5. The van der Waals surface area contributed by atoms with E-state index in [1.54, 1.807) is 29.2 Å². The maximum atomic E-state index is 14.5. The summed E-state index contributed by atoms with van der Waals surface area (Å²) in [6.45, 7) is 2.22. The van der Waals surface area contributed by atoms with Gasteiger partial charge < -0.3 is 9.64 Å². The fraction of sp³-hybridized carbons (Fsp3) is 0.321. The van der Waals surface area contributed by atoms with Crippen LogP contribution in [0.15, 0.2) is 55.1 Å². The van der Waals surface area contributed by atoms with Crippen LogP contribution in [0.2, 0.25) is 0 Å². The van der Waals surface area contributed by atoms with Gasteiger partial charge in [-0.25, -0.2) is 18.7 Å². The van der Waals surface area contributed by atoms with Crippen LogP contribution in [-0.4, -0.2) is 59.5 Å². The van der Waals surface area contributed by atoms with E-state index in [0.717, 1.165) is 53.8 Å². The summed E-state index contributed by atoms with van der Waals surface area (Å²) in [4.78, 5) is 23.8. The molecule has 1 aromatic carbocycles. The highest BCUT2D eigenvalue weighted by Crippen LogP contribution is 2.44. The average Bonchev–Trinajstić information content (AvgIpc) is 3.64. The minimum absolute atomic E-state index is 0.162. The molecule has 2 atom stereocenters. The Morgan fingerprint density at radius 1 is 1.13 bits per heavy atom. The van der Waals surface area contributed by atoms with Crippen LogP contribution in [0.4, 0.5) is 9.18 Å². The van der Waals surface area contributed by atoms with Gasteiger partial charge in [0.15, 0.2) is 5.65 Å². The molecule has 2 aliphatic rings. The fourth-order valence-corrected chi connectivity index (χ4v) is 6.27. The molecule has 10 heteroatoms. The van der Waals surface area contributed by atoms with Crippen molar-refractivity contribution in [2.45, 2.75) is 50.6 Å². The number of aromatic amines is 1. The van der Waals surface area contributed by atoms with E-state index in [4.69, 9.17) is 14.8 Å². The molecule has 2 aliphatic heterocycles. The SMILES string of the molecule is CCOC(=O)N1C2CCC1CC(c1ccn3nc(-c4ccncc4)c(-c4ccc(F)c5[nH]ncc45)c3n1)C2. The molecular weight excluding hydrogens is 485 g/mol. The number of carbonyl (C=O) groups is 1. The molecule has 0 aliphatic carbocycles. The molecule has 2 saturated heterocycles. The molecule has 192 valence electrons. The Bertz CT molecular complexity index is 1650. The maximum Gasteiger partial charge on any atom is 0.410 e. The lowest BCUT2D eigenvalue weighted by Crippen LogP contribution is -2.46. The Labute approximate surface area is 217 Å². The molecule has 6 heterocycles. The fourth-order valence-electron chi connectivity index (χ4n) is 6.27. The number of H-pyrrole nitrogens is 1. The van der Waals surface area contributed by atoms with Crippen LogP contribution >= 0.6 is 0 Å². The van der Waals surface area contributed by atoms with Gasteiger partial charge in [0.25, 0.3) is 0 Å². The third-order valence-corrected chi connectivity index (χ3v) is 7.92. The van der Waals surface area contributed by atoms with Crippen LogP contribution in [0.5, 0.6) is 0 Å². The number of carbonyl (C=O) groups excluding carboxylic acids is 1. The Morgan fingerprint density at radius 3 is 2.68 bits per heavy atom. The second kappa shape index (κ2) is 8.90. The number of piperidine rings is 1. The van der Waals surface area contributed by atoms with Crippen molar-refractivity contribution < 1.29 is 13.9 Å². The molecule has 9 nitrogen and oxygen atoms in total. The lowest BCUT2D eigenvalue weighted by Gasteiger charge is -2.37. The van der Waals surface area contributed by atoms with Crippen molar-refractivity contribution >= 4 is 22.6 Å².